The van der Waals surface area contributed by atoms with Crippen molar-refractivity contribution in [3.8, 4) is 0 Å². The summed E-state index contributed by atoms with van der Waals surface area (Å²) in [5, 5.41) is 0. The standard InChI is InChI=1S/C20H24N4O2/c1-14-3-4-16(22-15(14)2)6-8-24-13-17-19(20(24)25)18(5-7-21-17)23-9-11-26-12-10-23/h3-5,7H,6,8-13H2,1-2H3. The number of fused-ring (bicyclic) bond motifs is 1. The zero-order valence-electron chi connectivity index (χ0n) is 15.4. The smallest absolute Gasteiger partial charge is 0.258 e. The number of morpholine rings is 1. The van der Waals surface area contributed by atoms with Gasteiger partial charge in [-0.3, -0.25) is 14.8 Å². The van der Waals surface area contributed by atoms with E-state index in [1.807, 2.05) is 30.2 Å². The first-order chi connectivity index (χ1) is 12.6. The number of anilines is 1. The predicted molar refractivity (Wildman–Crippen MR) is 99.4 cm³/mol. The monoisotopic (exact) mass is 352 g/mol. The van der Waals surface area contributed by atoms with Crippen LogP contribution in [0.25, 0.3) is 0 Å². The summed E-state index contributed by atoms with van der Waals surface area (Å²) in [7, 11) is 0. The Morgan fingerprint density at radius 1 is 1.15 bits per heavy atom. The molecule has 2 aromatic heterocycles. The number of ether oxygens (including phenoxy) is 1. The molecule has 0 N–H and O–H groups in total. The van der Waals surface area contributed by atoms with Crippen LogP contribution in [-0.2, 0) is 17.7 Å². The lowest BCUT2D eigenvalue weighted by atomic mass is 10.1. The molecule has 0 aromatic carbocycles. The highest BCUT2D eigenvalue weighted by Gasteiger charge is 2.32. The van der Waals surface area contributed by atoms with Gasteiger partial charge >= 0.3 is 0 Å². The fraction of sp³-hybridized carbons (Fsp3) is 0.450. The van der Waals surface area contributed by atoms with E-state index in [1.165, 1.54) is 5.56 Å². The summed E-state index contributed by atoms with van der Waals surface area (Å²) >= 11 is 0. The SMILES string of the molecule is Cc1ccc(CCN2Cc3nccc(N4CCOCC4)c3C2=O)nc1C. The van der Waals surface area contributed by atoms with E-state index in [1.54, 1.807) is 0 Å². The summed E-state index contributed by atoms with van der Waals surface area (Å²) in [4.78, 5) is 26.2. The van der Waals surface area contributed by atoms with Crippen LogP contribution in [0.4, 0.5) is 5.69 Å². The van der Waals surface area contributed by atoms with Gasteiger partial charge in [0.1, 0.15) is 0 Å². The summed E-state index contributed by atoms with van der Waals surface area (Å²) < 4.78 is 5.43. The average Bonchev–Trinajstić information content (AvgIpc) is 2.99. The van der Waals surface area contributed by atoms with Crippen LogP contribution >= 0.6 is 0 Å². The molecule has 6 heteroatoms. The van der Waals surface area contributed by atoms with Gasteiger partial charge < -0.3 is 14.5 Å². The van der Waals surface area contributed by atoms with E-state index < -0.39 is 0 Å². The lowest BCUT2D eigenvalue weighted by Gasteiger charge is -2.30. The summed E-state index contributed by atoms with van der Waals surface area (Å²) in [6, 6.07) is 6.10. The van der Waals surface area contributed by atoms with Crippen LogP contribution in [0.3, 0.4) is 0 Å². The number of carbonyl (C=O) groups is 1. The molecule has 26 heavy (non-hydrogen) atoms. The Bertz CT molecular complexity index is 831. The molecule has 1 fully saturated rings. The van der Waals surface area contributed by atoms with Crippen LogP contribution in [0, 0.1) is 13.8 Å². The van der Waals surface area contributed by atoms with Gasteiger partial charge in [-0.05, 0) is 31.5 Å². The average molecular weight is 352 g/mol. The van der Waals surface area contributed by atoms with Gasteiger partial charge in [0.05, 0.1) is 36.7 Å². The number of aryl methyl sites for hydroxylation is 2. The first kappa shape index (κ1) is 17.0. The maximum atomic E-state index is 13.0. The lowest BCUT2D eigenvalue weighted by Crippen LogP contribution is -2.37. The highest BCUT2D eigenvalue weighted by Crippen LogP contribution is 2.30. The van der Waals surface area contributed by atoms with E-state index in [2.05, 4.69) is 27.9 Å². The molecule has 0 spiro atoms. The van der Waals surface area contributed by atoms with Gasteiger partial charge in [-0.25, -0.2) is 0 Å². The molecule has 0 unspecified atom stereocenters. The molecule has 0 bridgehead atoms. The second kappa shape index (κ2) is 7.03. The van der Waals surface area contributed by atoms with E-state index in [-0.39, 0.29) is 5.91 Å². The van der Waals surface area contributed by atoms with Crippen LogP contribution in [0.1, 0.15) is 33.0 Å². The molecular formula is C20H24N4O2. The van der Waals surface area contributed by atoms with Crippen molar-refractivity contribution in [1.82, 2.24) is 14.9 Å². The van der Waals surface area contributed by atoms with E-state index in [9.17, 15) is 4.79 Å². The number of hydrogen-bond donors (Lipinski definition) is 0. The number of hydrogen-bond acceptors (Lipinski definition) is 5. The van der Waals surface area contributed by atoms with Gasteiger partial charge in [0.15, 0.2) is 0 Å². The molecule has 6 nitrogen and oxygen atoms in total. The summed E-state index contributed by atoms with van der Waals surface area (Å²) in [6.45, 7) is 8.36. The molecule has 1 amide bonds. The van der Waals surface area contributed by atoms with E-state index in [0.29, 0.717) is 26.3 Å². The Hall–Kier alpha value is -2.47. The molecule has 4 heterocycles. The molecule has 0 radical (unpaired) electrons. The Labute approximate surface area is 153 Å². The Morgan fingerprint density at radius 3 is 2.73 bits per heavy atom. The molecule has 4 rings (SSSR count). The molecule has 2 aliphatic heterocycles. The van der Waals surface area contributed by atoms with Crippen LogP contribution in [0.5, 0.6) is 0 Å². The highest BCUT2D eigenvalue weighted by atomic mass is 16.5. The largest absolute Gasteiger partial charge is 0.378 e. The molecule has 2 aliphatic rings. The van der Waals surface area contributed by atoms with Crippen molar-refractivity contribution in [3.05, 3.63) is 52.6 Å². The number of amides is 1. The number of carbonyl (C=O) groups excluding carboxylic acids is 1. The zero-order chi connectivity index (χ0) is 18.1. The fourth-order valence-electron chi connectivity index (χ4n) is 3.58. The van der Waals surface area contributed by atoms with Crippen LogP contribution in [0.15, 0.2) is 24.4 Å². The summed E-state index contributed by atoms with van der Waals surface area (Å²) in [6.07, 6.45) is 2.57. The third-order valence-corrected chi connectivity index (χ3v) is 5.25. The molecule has 1 saturated heterocycles. The number of nitrogens with zero attached hydrogens (tertiary/aromatic N) is 4. The minimum Gasteiger partial charge on any atom is -0.378 e. The molecule has 2 aromatic rings. The van der Waals surface area contributed by atoms with Gasteiger partial charge in [0, 0.05) is 43.6 Å². The van der Waals surface area contributed by atoms with Crippen molar-refractivity contribution in [2.75, 3.05) is 37.7 Å². The van der Waals surface area contributed by atoms with E-state index in [0.717, 1.165) is 47.8 Å². The number of pyridine rings is 2. The molecule has 0 saturated carbocycles. The predicted octanol–water partition coefficient (Wildman–Crippen LogP) is 2.13. The molecule has 136 valence electrons. The minimum atomic E-state index is 0.0819. The van der Waals surface area contributed by atoms with Crippen LogP contribution < -0.4 is 4.90 Å². The number of aromatic nitrogens is 2. The normalized spacial score (nSPS) is 16.9. The van der Waals surface area contributed by atoms with E-state index >= 15 is 0 Å². The highest BCUT2D eigenvalue weighted by molar-refractivity contribution is 6.03. The Balaban J connectivity index is 1.50. The topological polar surface area (TPSA) is 58.6 Å². The van der Waals surface area contributed by atoms with Gasteiger partial charge in [-0.1, -0.05) is 6.07 Å². The summed E-state index contributed by atoms with van der Waals surface area (Å²) in [5.74, 6) is 0.0819. The Morgan fingerprint density at radius 2 is 1.96 bits per heavy atom. The molecule has 0 aliphatic carbocycles. The number of rotatable bonds is 4. The van der Waals surface area contributed by atoms with Gasteiger partial charge in [-0.2, -0.15) is 0 Å². The molecular weight excluding hydrogens is 328 g/mol. The first-order valence-electron chi connectivity index (χ1n) is 9.16. The maximum Gasteiger partial charge on any atom is 0.258 e. The molecule has 0 atom stereocenters. The van der Waals surface area contributed by atoms with Crippen LogP contribution in [0.2, 0.25) is 0 Å². The van der Waals surface area contributed by atoms with Crippen molar-refractivity contribution in [3.63, 3.8) is 0 Å². The maximum absolute atomic E-state index is 13.0. The zero-order valence-corrected chi connectivity index (χ0v) is 15.4. The van der Waals surface area contributed by atoms with Crippen molar-refractivity contribution >= 4 is 11.6 Å². The first-order valence-corrected chi connectivity index (χ1v) is 9.16. The summed E-state index contributed by atoms with van der Waals surface area (Å²) in [5.41, 5.74) is 5.91. The quantitative estimate of drug-likeness (QED) is 0.844. The third kappa shape index (κ3) is 3.17. The second-order valence-electron chi connectivity index (χ2n) is 6.93. The van der Waals surface area contributed by atoms with Gasteiger partial charge in [0.25, 0.3) is 5.91 Å². The lowest BCUT2D eigenvalue weighted by molar-refractivity contribution is 0.0779. The van der Waals surface area contributed by atoms with Gasteiger partial charge in [0.2, 0.25) is 0 Å². The Kier molecular flexibility index (Phi) is 4.59. The van der Waals surface area contributed by atoms with Gasteiger partial charge in [-0.15, -0.1) is 0 Å². The fourth-order valence-corrected chi connectivity index (χ4v) is 3.58. The van der Waals surface area contributed by atoms with Crippen molar-refractivity contribution in [2.24, 2.45) is 0 Å². The second-order valence-corrected chi connectivity index (χ2v) is 6.93. The van der Waals surface area contributed by atoms with E-state index in [4.69, 9.17) is 4.74 Å². The van der Waals surface area contributed by atoms with Crippen molar-refractivity contribution < 1.29 is 9.53 Å². The third-order valence-electron chi connectivity index (χ3n) is 5.25. The minimum absolute atomic E-state index is 0.0819. The van der Waals surface area contributed by atoms with Crippen molar-refractivity contribution in [1.29, 1.82) is 0 Å². The van der Waals surface area contributed by atoms with Crippen molar-refractivity contribution in [2.45, 2.75) is 26.8 Å². The van der Waals surface area contributed by atoms with Crippen LogP contribution in [-0.4, -0.2) is 53.6 Å².